The first kappa shape index (κ1) is 21.3. The van der Waals surface area contributed by atoms with Crippen molar-refractivity contribution in [3.63, 3.8) is 0 Å². The number of carbonyl (C=O) groups excluding carboxylic acids is 2. The van der Waals surface area contributed by atoms with Crippen molar-refractivity contribution in [2.24, 2.45) is 0 Å². The summed E-state index contributed by atoms with van der Waals surface area (Å²) < 4.78 is 5.99. The second-order valence-corrected chi connectivity index (χ2v) is 6.82. The number of fused-ring (bicyclic) bond motifs is 1. The molecule has 4 rings (SSSR count). The number of phenolic OH excluding ortho intramolecular Hbond substituents is 1. The summed E-state index contributed by atoms with van der Waals surface area (Å²) in [4.78, 5) is 32.5. The molecule has 0 unspecified atom stereocenters. The van der Waals surface area contributed by atoms with Crippen LogP contribution in [0.3, 0.4) is 0 Å². The van der Waals surface area contributed by atoms with Gasteiger partial charge in [0.2, 0.25) is 0 Å². The molecule has 0 fully saturated rings. The molecule has 3 N–H and O–H groups in total. The Morgan fingerprint density at radius 3 is 2.52 bits per heavy atom. The van der Waals surface area contributed by atoms with E-state index in [1.807, 2.05) is 0 Å². The van der Waals surface area contributed by atoms with Gasteiger partial charge in [0, 0.05) is 29.4 Å². The zero-order valence-corrected chi connectivity index (χ0v) is 17.5. The van der Waals surface area contributed by atoms with Crippen molar-refractivity contribution in [1.29, 1.82) is 0 Å². The smallest absolute Gasteiger partial charge is 0.300 e. The van der Waals surface area contributed by atoms with E-state index in [2.05, 4.69) is 32.4 Å². The summed E-state index contributed by atoms with van der Waals surface area (Å²) in [6, 6.07) is 16.5. The Hall–Kier alpha value is -4.90. The highest BCUT2D eigenvalue weighted by Gasteiger charge is 2.12. The minimum atomic E-state index is -0.543. The van der Waals surface area contributed by atoms with Gasteiger partial charge >= 0.3 is 0 Å². The highest BCUT2D eigenvalue weighted by Crippen LogP contribution is 2.35. The summed E-state index contributed by atoms with van der Waals surface area (Å²) >= 11 is 0. The molecule has 162 valence electrons. The molecular formula is C25H18N4O4. The lowest BCUT2D eigenvalue weighted by Gasteiger charge is -2.12. The van der Waals surface area contributed by atoms with Crippen molar-refractivity contribution in [3.05, 3.63) is 78.6 Å². The maximum atomic E-state index is 12.4. The molecule has 33 heavy (non-hydrogen) atoms. The molecule has 0 aliphatic heterocycles. The van der Waals surface area contributed by atoms with E-state index >= 15 is 0 Å². The van der Waals surface area contributed by atoms with Crippen LogP contribution in [0.5, 0.6) is 17.2 Å². The maximum absolute atomic E-state index is 12.4. The fourth-order valence-electron chi connectivity index (χ4n) is 3.04. The molecule has 0 saturated carbocycles. The average molecular weight is 438 g/mol. The van der Waals surface area contributed by atoms with Crippen molar-refractivity contribution in [2.45, 2.75) is 6.92 Å². The quantitative estimate of drug-likeness (QED) is 0.316. The van der Waals surface area contributed by atoms with E-state index in [0.717, 1.165) is 0 Å². The molecule has 2 amide bonds. The number of hydrogen-bond donors (Lipinski definition) is 3. The fourth-order valence-corrected chi connectivity index (χ4v) is 3.04. The first-order valence-corrected chi connectivity index (χ1v) is 9.89. The summed E-state index contributed by atoms with van der Waals surface area (Å²) in [6.45, 7) is 1.54. The van der Waals surface area contributed by atoms with Gasteiger partial charge in [-0.1, -0.05) is 12.0 Å². The molecule has 2 heterocycles. The Morgan fingerprint density at radius 1 is 0.970 bits per heavy atom. The van der Waals surface area contributed by atoms with Gasteiger partial charge in [-0.3, -0.25) is 14.6 Å². The molecular weight excluding hydrogens is 420 g/mol. The number of aromatic hydroxyl groups is 1. The van der Waals surface area contributed by atoms with Crippen molar-refractivity contribution < 1.29 is 19.4 Å². The molecule has 0 bridgehead atoms. The number of phenols is 1. The first-order chi connectivity index (χ1) is 16.0. The Labute approximate surface area is 189 Å². The number of nitrogens with one attached hydrogen (secondary N) is 2. The zero-order valence-electron chi connectivity index (χ0n) is 17.5. The third kappa shape index (κ3) is 5.06. The number of ether oxygens (including phenoxy) is 1. The van der Waals surface area contributed by atoms with Gasteiger partial charge in [-0.2, -0.15) is 0 Å². The Morgan fingerprint density at radius 2 is 1.79 bits per heavy atom. The van der Waals surface area contributed by atoms with Crippen LogP contribution in [0.1, 0.15) is 17.3 Å². The molecule has 0 aliphatic rings. The standard InChI is InChI=1S/C25H18N4O4/c1-2-5-24(31)28-20-14-18-19(15-21(20)30)26-13-11-22(18)33-17-9-7-16(8-10-17)25(32)29-23-6-3-4-12-27-23/h3-4,6-15,30H,1H3,(H,28,31)(H,27,29,32). The number of benzene rings is 2. The third-order valence-electron chi connectivity index (χ3n) is 4.56. The number of aromatic nitrogens is 2. The summed E-state index contributed by atoms with van der Waals surface area (Å²) in [5.41, 5.74) is 1.12. The Bertz CT molecular complexity index is 1390. The van der Waals surface area contributed by atoms with Gasteiger partial charge in [0.25, 0.3) is 11.8 Å². The molecule has 0 spiro atoms. The van der Waals surface area contributed by atoms with E-state index in [0.29, 0.717) is 33.8 Å². The van der Waals surface area contributed by atoms with E-state index < -0.39 is 5.91 Å². The van der Waals surface area contributed by atoms with Crippen LogP contribution in [0, 0.1) is 11.8 Å². The van der Waals surface area contributed by atoms with Gasteiger partial charge in [-0.05, 0) is 61.4 Å². The number of hydrogen-bond acceptors (Lipinski definition) is 6. The highest BCUT2D eigenvalue weighted by molar-refractivity contribution is 6.06. The molecule has 0 radical (unpaired) electrons. The molecule has 0 atom stereocenters. The maximum Gasteiger partial charge on any atom is 0.300 e. The lowest BCUT2D eigenvalue weighted by molar-refractivity contribution is -0.111. The van der Waals surface area contributed by atoms with Crippen LogP contribution in [0.4, 0.5) is 11.5 Å². The van der Waals surface area contributed by atoms with E-state index in [9.17, 15) is 14.7 Å². The summed E-state index contributed by atoms with van der Waals surface area (Å²) in [7, 11) is 0. The molecule has 8 heteroatoms. The Kier molecular flexibility index (Phi) is 6.14. The van der Waals surface area contributed by atoms with Crippen molar-refractivity contribution >= 4 is 34.2 Å². The zero-order chi connectivity index (χ0) is 23.2. The van der Waals surface area contributed by atoms with Crippen LogP contribution in [0.2, 0.25) is 0 Å². The number of nitrogens with zero attached hydrogens (tertiary/aromatic N) is 2. The molecule has 4 aromatic rings. The van der Waals surface area contributed by atoms with Gasteiger partial charge in [0.15, 0.2) is 0 Å². The monoisotopic (exact) mass is 438 g/mol. The van der Waals surface area contributed by atoms with Gasteiger partial charge in [-0.15, -0.1) is 0 Å². The summed E-state index contributed by atoms with van der Waals surface area (Å²) in [6.07, 6.45) is 3.14. The summed E-state index contributed by atoms with van der Waals surface area (Å²) in [5, 5.41) is 16.0. The average Bonchev–Trinajstić information content (AvgIpc) is 2.81. The topological polar surface area (TPSA) is 113 Å². The van der Waals surface area contributed by atoms with Crippen LogP contribution < -0.4 is 15.4 Å². The van der Waals surface area contributed by atoms with Crippen molar-refractivity contribution in [2.75, 3.05) is 10.6 Å². The molecule has 2 aromatic carbocycles. The van der Waals surface area contributed by atoms with Crippen LogP contribution in [-0.4, -0.2) is 26.9 Å². The number of pyridine rings is 2. The van der Waals surface area contributed by atoms with E-state index in [1.54, 1.807) is 73.9 Å². The predicted molar refractivity (Wildman–Crippen MR) is 124 cm³/mol. The second-order valence-electron chi connectivity index (χ2n) is 6.82. The Balaban J connectivity index is 1.56. The van der Waals surface area contributed by atoms with Crippen molar-refractivity contribution in [1.82, 2.24) is 9.97 Å². The largest absolute Gasteiger partial charge is 0.506 e. The number of rotatable bonds is 5. The van der Waals surface area contributed by atoms with Gasteiger partial charge < -0.3 is 20.5 Å². The highest BCUT2D eigenvalue weighted by atomic mass is 16.5. The van der Waals surface area contributed by atoms with E-state index in [1.165, 1.54) is 6.07 Å². The molecule has 8 nitrogen and oxygen atoms in total. The number of anilines is 2. The van der Waals surface area contributed by atoms with Gasteiger partial charge in [0.05, 0.1) is 11.2 Å². The van der Waals surface area contributed by atoms with Crippen LogP contribution in [0.15, 0.2) is 73.1 Å². The van der Waals surface area contributed by atoms with Gasteiger partial charge in [0.1, 0.15) is 23.1 Å². The molecule has 0 aliphatic carbocycles. The molecule has 0 saturated heterocycles. The van der Waals surface area contributed by atoms with E-state index in [-0.39, 0.29) is 17.3 Å². The number of carbonyl (C=O) groups is 2. The number of amides is 2. The normalized spacial score (nSPS) is 10.1. The predicted octanol–water partition coefficient (Wildman–Crippen LogP) is 4.34. The fraction of sp³-hybridized carbons (Fsp3) is 0.0400. The molecule has 2 aromatic heterocycles. The van der Waals surface area contributed by atoms with E-state index in [4.69, 9.17) is 4.74 Å². The van der Waals surface area contributed by atoms with Crippen LogP contribution in [-0.2, 0) is 4.79 Å². The minimum Gasteiger partial charge on any atom is -0.506 e. The summed E-state index contributed by atoms with van der Waals surface area (Å²) in [5.74, 6) is 5.30. The lowest BCUT2D eigenvalue weighted by Crippen LogP contribution is -2.12. The van der Waals surface area contributed by atoms with Crippen LogP contribution in [0.25, 0.3) is 10.9 Å². The third-order valence-corrected chi connectivity index (χ3v) is 4.56. The lowest BCUT2D eigenvalue weighted by atomic mass is 10.1. The minimum absolute atomic E-state index is 0.137. The van der Waals surface area contributed by atoms with Crippen LogP contribution >= 0.6 is 0 Å². The second kappa shape index (κ2) is 9.49. The van der Waals surface area contributed by atoms with Gasteiger partial charge in [-0.25, -0.2) is 4.98 Å². The first-order valence-electron chi connectivity index (χ1n) is 9.89. The SMILES string of the molecule is CC#CC(=O)Nc1cc2c(Oc3ccc(C(=O)Nc4ccccn4)cc3)ccnc2cc1O. The van der Waals surface area contributed by atoms with Crippen molar-refractivity contribution in [3.8, 4) is 29.1 Å².